The molecule has 0 aliphatic rings. The van der Waals surface area contributed by atoms with Crippen LogP contribution in [0.2, 0.25) is 0 Å². The first-order valence-electron chi connectivity index (χ1n) is 2.87. The number of aryl methyl sites for hydroxylation is 1. The van der Waals surface area contributed by atoms with Crippen LogP contribution in [-0.4, -0.2) is 0 Å². The molecule has 0 spiro atoms. The van der Waals surface area contributed by atoms with Crippen molar-refractivity contribution in [1.29, 1.82) is 0 Å². The minimum absolute atomic E-state index is 0. The molecule has 1 rings (SSSR count). The number of benzene rings is 1. The van der Waals surface area contributed by atoms with Gasteiger partial charge in [-0.1, -0.05) is 35.9 Å². The molecule has 0 aromatic heterocycles. The van der Waals surface area contributed by atoms with Gasteiger partial charge in [0.25, 0.3) is 21.1 Å². The normalized spacial score (nSPS) is 8.08. The Labute approximate surface area is 103 Å². The molecule has 0 aliphatic carbocycles. The van der Waals surface area contributed by atoms with Crippen LogP contribution < -0.4 is 60.9 Å². The SMILES string of the molecule is Cc1ccccc1.[Na+].[O-][I+2]([O-])[O-]. The summed E-state index contributed by atoms with van der Waals surface area (Å²) in [6.45, 7) is 2.08. The van der Waals surface area contributed by atoms with Crippen LogP contribution in [0.5, 0.6) is 0 Å². The summed E-state index contributed by atoms with van der Waals surface area (Å²) in [4.78, 5) is 0. The second-order valence-electron chi connectivity index (χ2n) is 1.84. The molecule has 3 nitrogen and oxygen atoms in total. The largest absolute Gasteiger partial charge is 1.00 e. The average Bonchev–Trinajstić information content (AvgIpc) is 1.87. The van der Waals surface area contributed by atoms with Gasteiger partial charge in [-0.3, -0.25) is 0 Å². The zero-order chi connectivity index (χ0) is 8.69. The van der Waals surface area contributed by atoms with E-state index >= 15 is 0 Å². The first kappa shape index (κ1) is 15.3. The smallest absolute Gasteiger partial charge is 0.427 e. The quantitative estimate of drug-likeness (QED) is 0.352. The van der Waals surface area contributed by atoms with Crippen molar-refractivity contribution in [3.05, 3.63) is 35.9 Å². The van der Waals surface area contributed by atoms with E-state index in [-0.39, 0.29) is 29.6 Å². The van der Waals surface area contributed by atoms with Crippen molar-refractivity contribution in [2.75, 3.05) is 0 Å². The van der Waals surface area contributed by atoms with Crippen molar-refractivity contribution in [2.24, 2.45) is 0 Å². The van der Waals surface area contributed by atoms with Gasteiger partial charge in [-0.2, -0.15) is 0 Å². The van der Waals surface area contributed by atoms with Gasteiger partial charge >= 0.3 is 29.6 Å². The summed E-state index contributed by atoms with van der Waals surface area (Å²) in [7, 11) is 0. The van der Waals surface area contributed by atoms with Crippen LogP contribution in [0.25, 0.3) is 0 Å². The van der Waals surface area contributed by atoms with Gasteiger partial charge in [0.05, 0.1) is 0 Å². The van der Waals surface area contributed by atoms with Crippen LogP contribution in [0, 0.1) is 6.92 Å². The predicted octanol–water partition coefficient (Wildman–Crippen LogP) is -7.56. The fraction of sp³-hybridized carbons (Fsp3) is 0.143. The molecule has 0 bridgehead atoms. The second kappa shape index (κ2) is 9.91. The monoisotopic (exact) mass is 290 g/mol. The van der Waals surface area contributed by atoms with Crippen molar-refractivity contribution < 1.29 is 60.9 Å². The van der Waals surface area contributed by atoms with Crippen LogP contribution in [0.4, 0.5) is 0 Å². The Bertz CT molecular complexity index is 179. The van der Waals surface area contributed by atoms with E-state index in [1.807, 2.05) is 18.2 Å². The Morgan fingerprint density at radius 1 is 1.00 bits per heavy atom. The molecule has 0 amide bonds. The molecule has 1 aromatic carbocycles. The summed E-state index contributed by atoms with van der Waals surface area (Å²) in [5, 5.41) is 0. The molecule has 0 N–H and O–H groups in total. The van der Waals surface area contributed by atoms with E-state index in [1.54, 1.807) is 0 Å². The molecule has 0 saturated carbocycles. The van der Waals surface area contributed by atoms with Gasteiger partial charge in [-0.15, -0.1) is 0 Å². The molecule has 0 fully saturated rings. The number of halogens is 1. The van der Waals surface area contributed by atoms with Crippen molar-refractivity contribution in [3.63, 3.8) is 0 Å². The summed E-state index contributed by atoms with van der Waals surface area (Å²) in [6.07, 6.45) is 0. The number of hydrogen-bond acceptors (Lipinski definition) is 3. The summed E-state index contributed by atoms with van der Waals surface area (Å²) in [6, 6.07) is 10.3. The van der Waals surface area contributed by atoms with E-state index in [9.17, 15) is 0 Å². The maximum atomic E-state index is 8.57. The molecular formula is C7H8INaO3. The topological polar surface area (TPSA) is 69.2 Å². The van der Waals surface area contributed by atoms with Crippen molar-refractivity contribution in [2.45, 2.75) is 6.92 Å². The third kappa shape index (κ3) is 13.4. The molecule has 12 heavy (non-hydrogen) atoms. The Morgan fingerprint density at radius 2 is 1.33 bits per heavy atom. The van der Waals surface area contributed by atoms with E-state index in [2.05, 4.69) is 19.1 Å². The van der Waals surface area contributed by atoms with Gasteiger partial charge in [0, 0.05) is 0 Å². The van der Waals surface area contributed by atoms with Crippen molar-refractivity contribution >= 4 is 0 Å². The molecule has 0 atom stereocenters. The molecule has 0 aliphatic heterocycles. The van der Waals surface area contributed by atoms with Crippen molar-refractivity contribution in [1.82, 2.24) is 0 Å². The van der Waals surface area contributed by atoms with Gasteiger partial charge in [0.2, 0.25) is 0 Å². The van der Waals surface area contributed by atoms with Crippen LogP contribution in [-0.2, 0) is 0 Å². The maximum Gasteiger partial charge on any atom is 1.00 e. The van der Waals surface area contributed by atoms with Gasteiger partial charge < -0.3 is 10.3 Å². The minimum Gasteiger partial charge on any atom is -0.427 e. The number of hydrogen-bond donors (Lipinski definition) is 0. The third-order valence-electron chi connectivity index (χ3n) is 0.940. The number of rotatable bonds is 0. The summed E-state index contributed by atoms with van der Waals surface area (Å²) < 4.78 is 25.7. The van der Waals surface area contributed by atoms with Crippen molar-refractivity contribution in [3.8, 4) is 0 Å². The van der Waals surface area contributed by atoms with Gasteiger partial charge in [0.15, 0.2) is 0 Å². The Kier molecular flexibility index (Phi) is 12.6. The summed E-state index contributed by atoms with van der Waals surface area (Å²) >= 11 is -4.01. The van der Waals surface area contributed by atoms with Crippen LogP contribution >= 0.6 is 0 Å². The van der Waals surface area contributed by atoms with E-state index < -0.39 is 21.1 Å². The van der Waals surface area contributed by atoms with E-state index in [0.29, 0.717) is 0 Å². The van der Waals surface area contributed by atoms with Crippen LogP contribution in [0.15, 0.2) is 30.3 Å². The Morgan fingerprint density at radius 3 is 1.50 bits per heavy atom. The fourth-order valence-corrected chi connectivity index (χ4v) is 0.534. The molecule has 62 valence electrons. The maximum absolute atomic E-state index is 8.57. The first-order valence-corrected chi connectivity index (χ1v) is 5.52. The fourth-order valence-electron chi connectivity index (χ4n) is 0.534. The molecule has 0 saturated heterocycles. The Hall–Kier alpha value is 0.830. The van der Waals surface area contributed by atoms with E-state index in [4.69, 9.17) is 10.3 Å². The van der Waals surface area contributed by atoms with E-state index in [0.717, 1.165) is 0 Å². The predicted molar refractivity (Wildman–Crippen MR) is 31.2 cm³/mol. The summed E-state index contributed by atoms with van der Waals surface area (Å²) in [5.41, 5.74) is 1.32. The molecule has 1 aromatic rings. The zero-order valence-corrected chi connectivity index (χ0v) is 11.1. The van der Waals surface area contributed by atoms with Gasteiger partial charge in [-0.05, 0) is 6.92 Å². The molecule has 0 unspecified atom stereocenters. The first-order chi connectivity index (χ1) is 5.13. The van der Waals surface area contributed by atoms with Gasteiger partial charge in [0.1, 0.15) is 0 Å². The molecular weight excluding hydrogens is 282 g/mol. The minimum atomic E-state index is -4.01. The zero-order valence-electron chi connectivity index (χ0n) is 6.99. The van der Waals surface area contributed by atoms with E-state index in [1.165, 1.54) is 5.56 Å². The van der Waals surface area contributed by atoms with Gasteiger partial charge in [-0.25, -0.2) is 0 Å². The van der Waals surface area contributed by atoms with Crippen LogP contribution in [0.1, 0.15) is 5.56 Å². The molecule has 0 radical (unpaired) electrons. The molecule has 5 heteroatoms. The Balaban J connectivity index is 0. The summed E-state index contributed by atoms with van der Waals surface area (Å²) in [5.74, 6) is 0. The van der Waals surface area contributed by atoms with Crippen LogP contribution in [0.3, 0.4) is 0 Å². The molecule has 0 heterocycles. The standard InChI is InChI=1S/C7H8.IO3.Na/c1-7-5-3-2-4-6-7;2-1(3)4;/h2-6H,1H3;;/q;-1;+1. The second-order valence-corrected chi connectivity index (χ2v) is 2.92. The third-order valence-corrected chi connectivity index (χ3v) is 0.940. The average molecular weight is 290 g/mol.